The fourth-order valence-electron chi connectivity index (χ4n) is 4.57. The van der Waals surface area contributed by atoms with Gasteiger partial charge < -0.3 is 4.74 Å². The van der Waals surface area contributed by atoms with Gasteiger partial charge in [0.1, 0.15) is 6.04 Å². The van der Waals surface area contributed by atoms with Crippen LogP contribution in [-0.2, 0) is 19.9 Å². The van der Waals surface area contributed by atoms with Gasteiger partial charge >= 0.3 is 5.97 Å². The molecule has 190 valence electrons. The number of esters is 1. The fourth-order valence-corrected chi connectivity index (χ4v) is 4.57. The van der Waals surface area contributed by atoms with Crippen molar-refractivity contribution in [2.45, 2.75) is 18.0 Å². The van der Waals surface area contributed by atoms with Crippen LogP contribution in [0.2, 0.25) is 0 Å². The normalized spacial score (nSPS) is 12.4. The zero-order valence-corrected chi connectivity index (χ0v) is 21.4. The van der Waals surface area contributed by atoms with E-state index in [2.05, 4.69) is 5.32 Å². The first-order valence-corrected chi connectivity index (χ1v) is 12.6. The van der Waals surface area contributed by atoms with Crippen LogP contribution in [-0.4, -0.2) is 24.9 Å². The van der Waals surface area contributed by atoms with Gasteiger partial charge in [0.05, 0.1) is 12.6 Å². The van der Waals surface area contributed by atoms with Gasteiger partial charge in [-0.05, 0) is 28.3 Å². The van der Waals surface area contributed by atoms with Crippen molar-refractivity contribution < 1.29 is 14.3 Å². The van der Waals surface area contributed by atoms with Gasteiger partial charge in [0.15, 0.2) is 5.78 Å². The van der Waals surface area contributed by atoms with Crippen molar-refractivity contribution in [3.63, 3.8) is 0 Å². The highest BCUT2D eigenvalue weighted by Gasteiger charge is 2.40. The fraction of sp³-hybridized carbons (Fsp3) is 0.118. The van der Waals surface area contributed by atoms with Gasteiger partial charge in [0.25, 0.3) is 0 Å². The van der Waals surface area contributed by atoms with Gasteiger partial charge in [0, 0.05) is 6.42 Å². The molecule has 0 saturated carbocycles. The summed E-state index contributed by atoms with van der Waals surface area (Å²) < 4.78 is 5.16. The molecule has 0 saturated heterocycles. The summed E-state index contributed by atoms with van der Waals surface area (Å²) in [5.41, 5.74) is 2.97. The number of ether oxygens (including phenoxy) is 1. The number of hydrogen-bond acceptors (Lipinski definition) is 4. The van der Waals surface area contributed by atoms with Gasteiger partial charge in [-0.15, -0.1) is 0 Å². The molecule has 4 heteroatoms. The predicted octanol–water partition coefficient (Wildman–Crippen LogP) is 6.34. The average Bonchev–Trinajstić information content (AvgIpc) is 2.99. The molecule has 0 bridgehead atoms. The van der Waals surface area contributed by atoms with Crippen LogP contribution in [0.3, 0.4) is 0 Å². The second-order valence-electron chi connectivity index (χ2n) is 8.87. The van der Waals surface area contributed by atoms with Crippen LogP contribution >= 0.6 is 0 Å². The van der Waals surface area contributed by atoms with Crippen molar-refractivity contribution >= 4 is 17.8 Å². The lowest BCUT2D eigenvalue weighted by Crippen LogP contribution is -2.53. The van der Waals surface area contributed by atoms with Crippen molar-refractivity contribution in [2.75, 3.05) is 7.11 Å². The second kappa shape index (κ2) is 13.1. The van der Waals surface area contributed by atoms with Crippen LogP contribution in [0, 0.1) is 0 Å². The Morgan fingerprint density at radius 2 is 1.16 bits per heavy atom. The van der Waals surface area contributed by atoms with Gasteiger partial charge in [-0.1, -0.05) is 140 Å². The number of carbonyl (C=O) groups is 2. The Labute approximate surface area is 224 Å². The van der Waals surface area contributed by atoms with E-state index in [0.717, 1.165) is 22.3 Å². The SMILES string of the molecule is COC(=O)[C@H](CC(=O)/C=C/C=C/c1ccccc1)NC(c1ccccc1)(c1ccccc1)c1ccccc1. The maximum Gasteiger partial charge on any atom is 0.323 e. The summed E-state index contributed by atoms with van der Waals surface area (Å²) in [4.78, 5) is 26.1. The molecule has 4 aromatic rings. The number of allylic oxidation sites excluding steroid dienone is 3. The van der Waals surface area contributed by atoms with Crippen LogP contribution in [0.5, 0.6) is 0 Å². The summed E-state index contributed by atoms with van der Waals surface area (Å²) in [5, 5.41) is 3.57. The minimum absolute atomic E-state index is 0.0589. The first-order chi connectivity index (χ1) is 18.6. The number of methoxy groups -OCH3 is 1. The summed E-state index contributed by atoms with van der Waals surface area (Å²) in [5.74, 6) is -0.688. The number of ketones is 1. The van der Waals surface area contributed by atoms with Crippen LogP contribution < -0.4 is 5.32 Å². The zero-order valence-electron chi connectivity index (χ0n) is 21.4. The number of nitrogens with one attached hydrogen (secondary N) is 1. The van der Waals surface area contributed by atoms with Crippen LogP contribution in [0.4, 0.5) is 0 Å². The predicted molar refractivity (Wildman–Crippen MR) is 152 cm³/mol. The number of carbonyl (C=O) groups excluding carboxylic acids is 2. The number of benzene rings is 4. The highest BCUT2D eigenvalue weighted by molar-refractivity contribution is 5.94. The van der Waals surface area contributed by atoms with E-state index in [1.165, 1.54) is 13.2 Å². The lowest BCUT2D eigenvalue weighted by atomic mass is 9.76. The summed E-state index contributed by atoms with van der Waals surface area (Å²) in [7, 11) is 1.34. The molecule has 0 amide bonds. The third-order valence-corrected chi connectivity index (χ3v) is 6.38. The van der Waals surface area contributed by atoms with Gasteiger partial charge in [-0.25, -0.2) is 0 Å². The number of rotatable bonds is 11. The molecular formula is C34H31NO3. The van der Waals surface area contributed by atoms with E-state index in [0.29, 0.717) is 0 Å². The summed E-state index contributed by atoms with van der Waals surface area (Å²) in [6.07, 6.45) is 6.87. The molecule has 1 N–H and O–H groups in total. The first-order valence-electron chi connectivity index (χ1n) is 12.6. The first kappa shape index (κ1) is 26.5. The third kappa shape index (κ3) is 6.41. The van der Waals surface area contributed by atoms with E-state index in [1.807, 2.05) is 133 Å². The molecular weight excluding hydrogens is 470 g/mol. The smallest absolute Gasteiger partial charge is 0.323 e. The van der Waals surface area contributed by atoms with Gasteiger partial charge in [0.2, 0.25) is 0 Å². The van der Waals surface area contributed by atoms with E-state index >= 15 is 0 Å². The molecule has 1 atom stereocenters. The Kier molecular flexibility index (Phi) is 9.17. The van der Waals surface area contributed by atoms with Crippen LogP contribution in [0.1, 0.15) is 28.7 Å². The molecule has 38 heavy (non-hydrogen) atoms. The van der Waals surface area contributed by atoms with Gasteiger partial charge in [-0.3, -0.25) is 14.9 Å². The highest BCUT2D eigenvalue weighted by atomic mass is 16.5. The molecule has 0 fully saturated rings. The van der Waals surface area contributed by atoms with E-state index < -0.39 is 17.6 Å². The van der Waals surface area contributed by atoms with Crippen molar-refractivity contribution in [2.24, 2.45) is 0 Å². The Morgan fingerprint density at radius 1 is 0.711 bits per heavy atom. The zero-order chi connectivity index (χ0) is 26.6. The van der Waals surface area contributed by atoms with Gasteiger partial charge in [-0.2, -0.15) is 0 Å². The van der Waals surface area contributed by atoms with Crippen LogP contribution in [0.15, 0.2) is 140 Å². The molecule has 4 rings (SSSR count). The molecule has 0 aliphatic rings. The van der Waals surface area contributed by atoms with E-state index in [1.54, 1.807) is 6.08 Å². The Balaban J connectivity index is 1.70. The summed E-state index contributed by atoms with van der Waals surface area (Å²) in [6, 6.07) is 38.8. The number of hydrogen-bond donors (Lipinski definition) is 1. The second-order valence-corrected chi connectivity index (χ2v) is 8.87. The van der Waals surface area contributed by atoms with E-state index in [4.69, 9.17) is 4.74 Å². The Morgan fingerprint density at radius 3 is 1.61 bits per heavy atom. The van der Waals surface area contributed by atoms with Crippen molar-refractivity contribution in [1.29, 1.82) is 0 Å². The molecule has 0 aliphatic carbocycles. The minimum atomic E-state index is -0.903. The molecule has 4 nitrogen and oxygen atoms in total. The minimum Gasteiger partial charge on any atom is -0.468 e. The quantitative estimate of drug-likeness (QED) is 0.113. The Hall–Kier alpha value is -4.54. The lowest BCUT2D eigenvalue weighted by Gasteiger charge is -2.39. The molecule has 0 aliphatic heterocycles. The van der Waals surface area contributed by atoms with E-state index in [9.17, 15) is 9.59 Å². The van der Waals surface area contributed by atoms with Crippen molar-refractivity contribution in [3.05, 3.63) is 162 Å². The molecule has 0 spiro atoms. The highest BCUT2D eigenvalue weighted by Crippen LogP contribution is 2.37. The van der Waals surface area contributed by atoms with E-state index in [-0.39, 0.29) is 12.2 Å². The maximum atomic E-state index is 13.1. The molecule has 0 unspecified atom stereocenters. The van der Waals surface area contributed by atoms with Crippen LogP contribution in [0.25, 0.3) is 6.08 Å². The molecule has 0 heterocycles. The average molecular weight is 502 g/mol. The maximum absolute atomic E-state index is 13.1. The molecule has 0 radical (unpaired) electrons. The standard InChI is InChI=1S/C34H31NO3/c1-38-33(37)32(26-31(36)25-15-14-18-27-16-6-2-7-17-27)35-34(28-19-8-3-9-20-28,29-21-10-4-11-22-29)30-23-12-5-13-24-30/h2-25,32,35H,26H2,1H3/b18-14+,25-15+/t32-/m0/s1. The van der Waals surface area contributed by atoms with Crippen molar-refractivity contribution in [1.82, 2.24) is 5.32 Å². The monoisotopic (exact) mass is 501 g/mol. The molecule has 0 aromatic heterocycles. The van der Waals surface area contributed by atoms with Crippen molar-refractivity contribution in [3.8, 4) is 0 Å². The topological polar surface area (TPSA) is 55.4 Å². The summed E-state index contributed by atoms with van der Waals surface area (Å²) >= 11 is 0. The third-order valence-electron chi connectivity index (χ3n) is 6.38. The molecule has 4 aromatic carbocycles. The largest absolute Gasteiger partial charge is 0.468 e. The Bertz CT molecular complexity index is 1270. The lowest BCUT2D eigenvalue weighted by molar-refractivity contribution is -0.144. The summed E-state index contributed by atoms with van der Waals surface area (Å²) in [6.45, 7) is 0.